The number of fused-ring (bicyclic) bond motifs is 9. The average Bonchev–Trinajstić information content (AvgIpc) is 1.55. The van der Waals surface area contributed by atoms with Gasteiger partial charge in [-0.3, -0.25) is 28.7 Å². The van der Waals surface area contributed by atoms with Crippen LogP contribution < -0.4 is 41.3 Å². The van der Waals surface area contributed by atoms with Gasteiger partial charge in [0.1, 0.15) is 25.0 Å². The zero-order chi connectivity index (χ0) is 64.1. The Bertz CT molecular complexity index is 3860. The molecule has 7 amide bonds. The van der Waals surface area contributed by atoms with Crippen molar-refractivity contribution in [2.45, 2.75) is 115 Å². The first-order chi connectivity index (χ1) is 43.0. The number of hydrogen-bond acceptors (Lipinski definition) is 12. The third-order valence-electron chi connectivity index (χ3n) is 15.8. The van der Waals surface area contributed by atoms with Gasteiger partial charge >= 0.3 is 26.0 Å². The van der Waals surface area contributed by atoms with Crippen LogP contribution in [-0.4, -0.2) is 91.2 Å². The standard InChI is InChI=1S/C68H74Cl2N7O12P/c1-67(2,3)88-90(84,89-68(4,5)6)87-58-34-57-62(52-24-14-12-22-50(52)58)43(36-70)38-77(57)60(79)27-15-26-59(78)76-37-42(35-69)61-51-23-13-11-21-49(51)55(33-56(61)76)75-66(83)85-39-41-28-30-44(31-29-41)73-63(80)54(25-16-32-72-64(71)81)74-65(82)86-40-53-47-19-9-7-17-45(47)46-18-8-10-20-48(46)53/h7-14,17-24,28-31,33-34,42-43,53-54H,15-16,25-27,32,35-40H2,1-6H3,(H,73,80)(H,74,82)(H,75,83)(H3,71,72,81)/t42-,43-,54+/m1/s1. The first kappa shape index (κ1) is 64.8. The number of phosphoric acid groups is 1. The highest BCUT2D eigenvalue weighted by atomic mass is 35.5. The van der Waals surface area contributed by atoms with Crippen LogP contribution in [0, 0.1) is 0 Å². The van der Waals surface area contributed by atoms with E-state index in [0.717, 1.165) is 44.2 Å². The van der Waals surface area contributed by atoms with E-state index in [2.05, 4.69) is 21.3 Å². The third-order valence-corrected chi connectivity index (χ3v) is 18.5. The van der Waals surface area contributed by atoms with Gasteiger partial charge in [0.05, 0.1) is 22.6 Å². The molecule has 0 saturated heterocycles. The summed E-state index contributed by atoms with van der Waals surface area (Å²) in [4.78, 5) is 84.2. The van der Waals surface area contributed by atoms with Crippen LogP contribution in [0.1, 0.15) is 119 Å². The number of phosphoric ester groups is 1. The van der Waals surface area contributed by atoms with Gasteiger partial charge in [-0.25, -0.2) is 18.9 Å². The SMILES string of the molecule is CC(C)(C)OP(=O)(Oc1cc2c(c3ccccc13)[C@H](CCl)CN2C(=O)CCCC(=O)N1C[C@@H](CCl)c2c1cc(NC(=O)OCc1ccc(NC(=O)[C@H](CCCNC(N)=O)NC(=O)OCC3c4ccccc4-c4ccccc43)cc1)c1ccccc21)OC(C)(C)C. The first-order valence-electron chi connectivity index (χ1n) is 30.0. The maximum absolute atomic E-state index is 14.4. The number of anilines is 4. The summed E-state index contributed by atoms with van der Waals surface area (Å²) in [5.74, 6) is -0.934. The monoisotopic (exact) mass is 1280 g/mol. The molecule has 19 nitrogen and oxygen atoms in total. The fraction of sp³-hybridized carbons (Fsp3) is 0.353. The lowest BCUT2D eigenvalue weighted by Gasteiger charge is -2.31. The van der Waals surface area contributed by atoms with Crippen molar-refractivity contribution in [1.82, 2.24) is 10.6 Å². The molecule has 0 aromatic heterocycles. The van der Waals surface area contributed by atoms with Gasteiger partial charge in [-0.2, -0.15) is 0 Å². The number of amides is 7. The predicted octanol–water partition coefficient (Wildman–Crippen LogP) is 14.4. The number of urea groups is 1. The van der Waals surface area contributed by atoms with E-state index in [4.69, 9.17) is 52.0 Å². The molecule has 2 aliphatic heterocycles. The number of halogens is 2. The van der Waals surface area contributed by atoms with E-state index in [-0.39, 0.29) is 92.5 Å². The van der Waals surface area contributed by atoms with Gasteiger partial charge in [-0.05, 0) is 129 Å². The molecule has 3 atom stereocenters. The zero-order valence-corrected chi connectivity index (χ0v) is 53.5. The fourth-order valence-corrected chi connectivity index (χ4v) is 14.4. The van der Waals surface area contributed by atoms with Gasteiger partial charge in [0.25, 0.3) is 0 Å². The van der Waals surface area contributed by atoms with Crippen LogP contribution in [-0.2, 0) is 44.1 Å². The summed E-state index contributed by atoms with van der Waals surface area (Å²) in [6, 6.07) is 39.3. The highest BCUT2D eigenvalue weighted by Gasteiger charge is 2.42. The fourth-order valence-electron chi connectivity index (χ4n) is 12.0. The molecule has 0 unspecified atom stereocenters. The van der Waals surface area contributed by atoms with E-state index in [1.807, 2.05) is 97.1 Å². The second-order valence-electron chi connectivity index (χ2n) is 24.6. The maximum atomic E-state index is 14.4. The Morgan fingerprint density at radius 3 is 1.71 bits per heavy atom. The number of alkyl carbamates (subject to hydrolysis) is 1. The summed E-state index contributed by atoms with van der Waals surface area (Å²) in [5.41, 5.74) is 12.0. The minimum absolute atomic E-state index is 0.0257. The largest absolute Gasteiger partial charge is 0.531 e. The number of nitrogens with two attached hydrogens (primary N) is 1. The van der Waals surface area contributed by atoms with Gasteiger partial charge in [-0.1, -0.05) is 109 Å². The lowest BCUT2D eigenvalue weighted by Crippen LogP contribution is -2.44. The molecule has 6 N–H and O–H groups in total. The van der Waals surface area contributed by atoms with Crippen molar-refractivity contribution in [2.24, 2.45) is 5.73 Å². The van der Waals surface area contributed by atoms with Crippen LogP contribution >= 0.6 is 31.0 Å². The molecule has 0 radical (unpaired) electrons. The van der Waals surface area contributed by atoms with Crippen LogP contribution in [0.4, 0.5) is 37.1 Å². The minimum atomic E-state index is -4.25. The van der Waals surface area contributed by atoms with Gasteiger partial charge in [0, 0.05) is 90.2 Å². The summed E-state index contributed by atoms with van der Waals surface area (Å²) in [5, 5.41) is 13.9. The molecule has 22 heteroatoms. The maximum Gasteiger partial charge on any atom is 0.531 e. The number of alkyl halides is 2. The number of ether oxygens (including phenoxy) is 2. The molecule has 2 heterocycles. The zero-order valence-electron chi connectivity index (χ0n) is 51.1. The number of hydrogen-bond donors (Lipinski definition) is 5. The molecule has 90 heavy (non-hydrogen) atoms. The molecule has 0 bridgehead atoms. The van der Waals surface area contributed by atoms with E-state index >= 15 is 0 Å². The number of nitrogens with one attached hydrogen (secondary N) is 4. The van der Waals surface area contributed by atoms with E-state index < -0.39 is 49.2 Å². The quantitative estimate of drug-likeness (QED) is 0.0242. The second-order valence-corrected chi connectivity index (χ2v) is 26.7. The smallest absolute Gasteiger partial charge is 0.449 e. The normalized spacial score (nSPS) is 15.6. The van der Waals surface area contributed by atoms with Crippen LogP contribution in [0.2, 0.25) is 0 Å². The predicted molar refractivity (Wildman–Crippen MR) is 351 cm³/mol. The Kier molecular flexibility index (Phi) is 19.8. The molecular formula is C68H74Cl2N7O12P. The lowest BCUT2D eigenvalue weighted by atomic mass is 9.95. The van der Waals surface area contributed by atoms with Gasteiger partial charge in [0.15, 0.2) is 0 Å². The summed E-state index contributed by atoms with van der Waals surface area (Å²) in [7, 11) is -4.25. The van der Waals surface area contributed by atoms with Crippen LogP contribution in [0.25, 0.3) is 32.7 Å². The molecule has 10 rings (SSSR count). The van der Waals surface area contributed by atoms with Gasteiger partial charge in [0.2, 0.25) is 17.7 Å². The number of nitrogens with zero attached hydrogens (tertiary/aromatic N) is 2. The number of rotatable bonds is 22. The average molecular weight is 1280 g/mol. The van der Waals surface area contributed by atoms with Crippen molar-refractivity contribution in [2.75, 3.05) is 58.4 Å². The lowest BCUT2D eigenvalue weighted by molar-refractivity contribution is -0.120. The first-order valence-corrected chi connectivity index (χ1v) is 32.6. The molecule has 472 valence electrons. The van der Waals surface area contributed by atoms with Crippen molar-refractivity contribution in [3.05, 3.63) is 161 Å². The number of primary amides is 1. The van der Waals surface area contributed by atoms with E-state index in [1.54, 1.807) is 87.7 Å². The molecule has 0 spiro atoms. The van der Waals surface area contributed by atoms with E-state index in [9.17, 15) is 33.3 Å². The summed E-state index contributed by atoms with van der Waals surface area (Å²) >= 11 is 13.2. The van der Waals surface area contributed by atoms with Crippen molar-refractivity contribution < 1.29 is 56.4 Å². The Labute approximate surface area is 533 Å². The van der Waals surface area contributed by atoms with Crippen molar-refractivity contribution >= 4 is 111 Å². The Morgan fingerprint density at radius 1 is 0.633 bits per heavy atom. The van der Waals surface area contributed by atoms with Gasteiger partial charge in [-0.15, -0.1) is 23.2 Å². The molecule has 7 aromatic carbocycles. The van der Waals surface area contributed by atoms with Gasteiger partial charge < -0.3 is 45.5 Å². The van der Waals surface area contributed by atoms with E-state index in [0.29, 0.717) is 58.6 Å². The Hall–Kier alpha value is -8.19. The number of carbonyl (C=O) groups is 6. The van der Waals surface area contributed by atoms with Crippen molar-refractivity contribution in [3.8, 4) is 16.9 Å². The Balaban J connectivity index is 0.769. The number of carbonyl (C=O) groups excluding carboxylic acids is 6. The van der Waals surface area contributed by atoms with Crippen molar-refractivity contribution in [3.63, 3.8) is 0 Å². The summed E-state index contributed by atoms with van der Waals surface area (Å²) in [6.07, 6.45) is -0.792. The topological polar surface area (TPSA) is 246 Å². The minimum Gasteiger partial charge on any atom is -0.449 e. The molecule has 0 saturated carbocycles. The molecule has 0 fully saturated rings. The third kappa shape index (κ3) is 15.0. The van der Waals surface area contributed by atoms with Crippen molar-refractivity contribution in [1.29, 1.82) is 0 Å². The number of benzene rings is 7. The molecule has 7 aromatic rings. The molecular weight excluding hydrogens is 1210 g/mol. The molecule has 1 aliphatic carbocycles. The highest BCUT2D eigenvalue weighted by molar-refractivity contribution is 7.49. The highest BCUT2D eigenvalue weighted by Crippen LogP contribution is 2.58. The molecule has 3 aliphatic rings. The van der Waals surface area contributed by atoms with Crippen LogP contribution in [0.15, 0.2) is 133 Å². The van der Waals surface area contributed by atoms with Crippen LogP contribution in [0.5, 0.6) is 5.75 Å². The van der Waals surface area contributed by atoms with E-state index in [1.165, 1.54) is 0 Å². The van der Waals surface area contributed by atoms with Crippen LogP contribution in [0.3, 0.4) is 0 Å². The summed E-state index contributed by atoms with van der Waals surface area (Å²) in [6.45, 7) is 11.2. The summed E-state index contributed by atoms with van der Waals surface area (Å²) < 4.78 is 44.1. The second kappa shape index (κ2) is 27.5. The Morgan fingerprint density at radius 2 is 1.16 bits per heavy atom.